The standard InChI is InChI=1S/C24H29N3O2/c1-18-7-6-10-21(19(18)2)25-22(28)24(11-12-24)23(29)27-15-13-26(14-16-27)17-20-8-4-3-5-9-20/h3-10H,11-17H2,1-2H3,(H,25,28). The number of carbonyl (C=O) groups excluding carboxylic acids is 2. The summed E-state index contributed by atoms with van der Waals surface area (Å²) in [5.41, 5.74) is 3.42. The van der Waals surface area contributed by atoms with Gasteiger partial charge in [0.25, 0.3) is 0 Å². The number of hydrogen-bond donors (Lipinski definition) is 1. The molecule has 0 spiro atoms. The average Bonchev–Trinajstić information content (AvgIpc) is 3.54. The summed E-state index contributed by atoms with van der Waals surface area (Å²) < 4.78 is 0. The molecule has 4 rings (SSSR count). The van der Waals surface area contributed by atoms with Gasteiger partial charge in [0.15, 0.2) is 0 Å². The lowest BCUT2D eigenvalue weighted by atomic mass is 10.0. The van der Waals surface area contributed by atoms with Gasteiger partial charge in [-0.15, -0.1) is 0 Å². The van der Waals surface area contributed by atoms with Gasteiger partial charge in [-0.1, -0.05) is 42.5 Å². The molecular formula is C24H29N3O2. The Labute approximate surface area is 172 Å². The molecule has 152 valence electrons. The summed E-state index contributed by atoms with van der Waals surface area (Å²) in [6.45, 7) is 7.98. The van der Waals surface area contributed by atoms with Crippen LogP contribution in [-0.4, -0.2) is 47.8 Å². The zero-order valence-corrected chi connectivity index (χ0v) is 17.3. The molecule has 1 aliphatic heterocycles. The molecule has 2 aromatic carbocycles. The van der Waals surface area contributed by atoms with Crippen LogP contribution < -0.4 is 5.32 Å². The van der Waals surface area contributed by atoms with Gasteiger partial charge in [-0.2, -0.15) is 0 Å². The molecule has 5 heteroatoms. The average molecular weight is 392 g/mol. The van der Waals surface area contributed by atoms with Crippen molar-refractivity contribution >= 4 is 17.5 Å². The SMILES string of the molecule is Cc1cccc(NC(=O)C2(C(=O)N3CCN(Cc4ccccc4)CC3)CC2)c1C. The summed E-state index contributed by atoms with van der Waals surface area (Å²) >= 11 is 0. The maximum Gasteiger partial charge on any atom is 0.240 e. The van der Waals surface area contributed by atoms with E-state index >= 15 is 0 Å². The van der Waals surface area contributed by atoms with E-state index in [1.165, 1.54) is 5.56 Å². The molecule has 0 unspecified atom stereocenters. The van der Waals surface area contributed by atoms with Gasteiger partial charge in [-0.05, 0) is 49.4 Å². The Kier molecular flexibility index (Phi) is 5.41. The Morgan fingerprint density at radius 1 is 0.931 bits per heavy atom. The van der Waals surface area contributed by atoms with E-state index in [1.807, 2.05) is 43.0 Å². The van der Waals surface area contributed by atoms with Crippen LogP contribution in [0.3, 0.4) is 0 Å². The van der Waals surface area contributed by atoms with Crippen LogP contribution in [0.4, 0.5) is 5.69 Å². The summed E-state index contributed by atoms with van der Waals surface area (Å²) in [4.78, 5) is 30.4. The van der Waals surface area contributed by atoms with Crippen molar-refractivity contribution < 1.29 is 9.59 Å². The molecule has 5 nitrogen and oxygen atoms in total. The fraction of sp³-hybridized carbons (Fsp3) is 0.417. The summed E-state index contributed by atoms with van der Waals surface area (Å²) in [5.74, 6) is -0.150. The molecule has 0 atom stereocenters. The van der Waals surface area contributed by atoms with Crippen molar-refractivity contribution in [1.29, 1.82) is 0 Å². The minimum atomic E-state index is -0.863. The van der Waals surface area contributed by atoms with Gasteiger partial charge in [-0.25, -0.2) is 0 Å². The molecule has 0 bridgehead atoms. The Morgan fingerprint density at radius 2 is 1.62 bits per heavy atom. The third kappa shape index (κ3) is 4.06. The predicted molar refractivity (Wildman–Crippen MR) is 115 cm³/mol. The number of hydrogen-bond acceptors (Lipinski definition) is 3. The van der Waals surface area contributed by atoms with Crippen molar-refractivity contribution in [3.63, 3.8) is 0 Å². The number of rotatable bonds is 5. The molecule has 1 saturated heterocycles. The highest BCUT2D eigenvalue weighted by molar-refractivity contribution is 6.13. The van der Waals surface area contributed by atoms with E-state index < -0.39 is 5.41 Å². The lowest BCUT2D eigenvalue weighted by molar-refractivity contribution is -0.143. The van der Waals surface area contributed by atoms with Crippen LogP contribution in [0.25, 0.3) is 0 Å². The van der Waals surface area contributed by atoms with Crippen LogP contribution in [-0.2, 0) is 16.1 Å². The van der Waals surface area contributed by atoms with Crippen LogP contribution in [0, 0.1) is 19.3 Å². The summed E-state index contributed by atoms with van der Waals surface area (Å²) in [5, 5.41) is 3.02. The van der Waals surface area contributed by atoms with Gasteiger partial charge in [0.2, 0.25) is 11.8 Å². The van der Waals surface area contributed by atoms with Gasteiger partial charge in [-0.3, -0.25) is 14.5 Å². The third-order valence-electron chi connectivity index (χ3n) is 6.36. The van der Waals surface area contributed by atoms with Gasteiger partial charge >= 0.3 is 0 Å². The van der Waals surface area contributed by atoms with Crippen molar-refractivity contribution in [2.45, 2.75) is 33.2 Å². The van der Waals surface area contributed by atoms with E-state index in [9.17, 15) is 9.59 Å². The maximum atomic E-state index is 13.2. The minimum absolute atomic E-state index is 0.000308. The normalized spacial score (nSPS) is 18.3. The molecule has 0 radical (unpaired) electrons. The zero-order valence-electron chi connectivity index (χ0n) is 17.3. The van der Waals surface area contributed by atoms with E-state index in [-0.39, 0.29) is 11.8 Å². The van der Waals surface area contributed by atoms with Crippen LogP contribution >= 0.6 is 0 Å². The quantitative estimate of drug-likeness (QED) is 0.795. The first-order valence-corrected chi connectivity index (χ1v) is 10.4. The number of nitrogens with one attached hydrogen (secondary N) is 1. The Morgan fingerprint density at radius 3 is 2.28 bits per heavy atom. The van der Waals surface area contributed by atoms with E-state index in [2.05, 4.69) is 34.5 Å². The monoisotopic (exact) mass is 391 g/mol. The number of anilines is 1. The van der Waals surface area contributed by atoms with Crippen LogP contribution in [0.5, 0.6) is 0 Å². The smallest absolute Gasteiger partial charge is 0.240 e. The molecule has 29 heavy (non-hydrogen) atoms. The second-order valence-electron chi connectivity index (χ2n) is 8.34. The Balaban J connectivity index is 1.35. The van der Waals surface area contributed by atoms with Crippen LogP contribution in [0.15, 0.2) is 48.5 Å². The van der Waals surface area contributed by atoms with Gasteiger partial charge in [0.1, 0.15) is 5.41 Å². The Hall–Kier alpha value is -2.66. The number of piperazine rings is 1. The van der Waals surface area contributed by atoms with Gasteiger partial charge in [0, 0.05) is 38.4 Å². The topological polar surface area (TPSA) is 52.7 Å². The summed E-state index contributed by atoms with van der Waals surface area (Å²) in [6.07, 6.45) is 1.29. The second-order valence-corrected chi connectivity index (χ2v) is 8.34. The van der Waals surface area contributed by atoms with E-state index in [4.69, 9.17) is 0 Å². The highest BCUT2D eigenvalue weighted by Gasteiger charge is 2.58. The number of aryl methyl sites for hydroxylation is 1. The number of benzene rings is 2. The molecule has 2 aliphatic rings. The number of carbonyl (C=O) groups is 2. The number of nitrogens with zero attached hydrogens (tertiary/aromatic N) is 2. The molecule has 1 N–H and O–H groups in total. The lowest BCUT2D eigenvalue weighted by Crippen LogP contribution is -2.52. The summed E-state index contributed by atoms with van der Waals surface area (Å²) in [6, 6.07) is 16.3. The zero-order chi connectivity index (χ0) is 20.4. The first kappa shape index (κ1) is 19.6. The molecule has 2 amide bonds. The molecular weight excluding hydrogens is 362 g/mol. The van der Waals surface area contributed by atoms with Crippen molar-refractivity contribution in [1.82, 2.24) is 9.80 Å². The van der Waals surface area contributed by atoms with Gasteiger partial charge in [0.05, 0.1) is 0 Å². The highest BCUT2D eigenvalue weighted by atomic mass is 16.2. The predicted octanol–water partition coefficient (Wildman–Crippen LogP) is 3.37. The van der Waals surface area contributed by atoms with E-state index in [1.54, 1.807) is 0 Å². The first-order chi connectivity index (χ1) is 14.0. The summed E-state index contributed by atoms with van der Waals surface area (Å²) in [7, 11) is 0. The molecule has 2 aromatic rings. The minimum Gasteiger partial charge on any atom is -0.339 e. The molecule has 2 fully saturated rings. The fourth-order valence-electron chi connectivity index (χ4n) is 4.04. The number of amides is 2. The van der Waals surface area contributed by atoms with E-state index in [0.29, 0.717) is 25.9 Å². The van der Waals surface area contributed by atoms with Crippen molar-refractivity contribution in [3.05, 3.63) is 65.2 Å². The molecule has 1 heterocycles. The van der Waals surface area contributed by atoms with E-state index in [0.717, 1.165) is 36.4 Å². The van der Waals surface area contributed by atoms with Crippen molar-refractivity contribution in [2.75, 3.05) is 31.5 Å². The third-order valence-corrected chi connectivity index (χ3v) is 6.36. The Bertz CT molecular complexity index is 898. The largest absolute Gasteiger partial charge is 0.339 e. The van der Waals surface area contributed by atoms with Gasteiger partial charge < -0.3 is 10.2 Å². The fourth-order valence-corrected chi connectivity index (χ4v) is 4.04. The van der Waals surface area contributed by atoms with Crippen molar-refractivity contribution in [2.24, 2.45) is 5.41 Å². The molecule has 1 aliphatic carbocycles. The second kappa shape index (κ2) is 7.99. The lowest BCUT2D eigenvalue weighted by Gasteiger charge is -2.36. The molecule has 1 saturated carbocycles. The van der Waals surface area contributed by atoms with Crippen molar-refractivity contribution in [3.8, 4) is 0 Å². The first-order valence-electron chi connectivity index (χ1n) is 10.4. The van der Waals surface area contributed by atoms with Crippen LogP contribution in [0.2, 0.25) is 0 Å². The maximum absolute atomic E-state index is 13.2. The molecule has 0 aromatic heterocycles. The van der Waals surface area contributed by atoms with Crippen LogP contribution in [0.1, 0.15) is 29.5 Å². The highest BCUT2D eigenvalue weighted by Crippen LogP contribution is 2.48.